The van der Waals surface area contributed by atoms with Crippen molar-refractivity contribution in [2.45, 2.75) is 103 Å². The predicted molar refractivity (Wildman–Crippen MR) is 151 cm³/mol. The van der Waals surface area contributed by atoms with Crippen LogP contribution < -0.4 is 5.73 Å². The third kappa shape index (κ3) is 5.39. The fourth-order valence-electron chi connectivity index (χ4n) is 6.17. The van der Waals surface area contributed by atoms with Gasteiger partial charge in [-0.3, -0.25) is 0 Å². The molecule has 2 aromatic carbocycles. The van der Waals surface area contributed by atoms with Gasteiger partial charge in [0.2, 0.25) is 0 Å². The molecule has 0 aliphatic heterocycles. The first kappa shape index (κ1) is 29.8. The molecule has 5 nitrogen and oxygen atoms in total. The second-order valence-electron chi connectivity index (χ2n) is 13.2. The Labute approximate surface area is 223 Å². The number of aliphatic hydroxyl groups excluding tert-OH is 3. The van der Waals surface area contributed by atoms with E-state index in [9.17, 15) is 20.4 Å². The van der Waals surface area contributed by atoms with Gasteiger partial charge in [-0.15, -0.1) is 0 Å². The van der Waals surface area contributed by atoms with Crippen LogP contribution in [0.4, 0.5) is 0 Å². The standard InChI is InChI=1S/C32H49NO4/c1-29(2,3)26-16-22(18-33)17-27(30(4,5)6)28(26)32(37,31(19-34,20-35)21-36)25-15-11-10-14-24(25)23-12-8-7-9-13-23/h10-11,14-17,23,34-37H,7-9,12-13,18-21,33H2,1-6H3. The zero-order valence-electron chi connectivity index (χ0n) is 23.8. The maximum absolute atomic E-state index is 13.3. The van der Waals surface area contributed by atoms with Crippen molar-refractivity contribution in [3.63, 3.8) is 0 Å². The molecule has 0 aromatic heterocycles. The minimum absolute atomic E-state index is 0.268. The van der Waals surface area contributed by atoms with Crippen LogP contribution in [0.3, 0.4) is 0 Å². The first-order valence-corrected chi connectivity index (χ1v) is 13.8. The van der Waals surface area contributed by atoms with Crippen molar-refractivity contribution in [1.82, 2.24) is 0 Å². The lowest BCUT2D eigenvalue weighted by atomic mass is 9.58. The smallest absolute Gasteiger partial charge is 0.128 e. The average Bonchev–Trinajstić information content (AvgIpc) is 2.88. The van der Waals surface area contributed by atoms with E-state index in [1.54, 1.807) is 0 Å². The van der Waals surface area contributed by atoms with Crippen molar-refractivity contribution in [1.29, 1.82) is 0 Å². The minimum Gasteiger partial charge on any atom is -0.395 e. The summed E-state index contributed by atoms with van der Waals surface area (Å²) in [5, 5.41) is 45.8. The topological polar surface area (TPSA) is 107 Å². The summed E-state index contributed by atoms with van der Waals surface area (Å²) in [6, 6.07) is 12.0. The van der Waals surface area contributed by atoms with Gasteiger partial charge in [-0.1, -0.05) is 97.2 Å². The Morgan fingerprint density at radius 1 is 0.757 bits per heavy atom. The van der Waals surface area contributed by atoms with Crippen LogP contribution in [0.1, 0.15) is 113 Å². The molecule has 1 unspecified atom stereocenters. The molecule has 206 valence electrons. The number of nitrogens with two attached hydrogens (primary N) is 1. The van der Waals surface area contributed by atoms with E-state index in [0.717, 1.165) is 47.9 Å². The summed E-state index contributed by atoms with van der Waals surface area (Å²) in [6.45, 7) is 11.2. The van der Waals surface area contributed by atoms with E-state index in [1.165, 1.54) is 6.42 Å². The van der Waals surface area contributed by atoms with Gasteiger partial charge in [0.1, 0.15) is 5.60 Å². The second kappa shape index (κ2) is 11.2. The Morgan fingerprint density at radius 3 is 1.68 bits per heavy atom. The summed E-state index contributed by atoms with van der Waals surface area (Å²) in [5.74, 6) is 0.268. The monoisotopic (exact) mass is 511 g/mol. The molecule has 1 aliphatic carbocycles. The van der Waals surface area contributed by atoms with E-state index < -0.39 is 30.8 Å². The zero-order valence-corrected chi connectivity index (χ0v) is 23.8. The number of aliphatic hydroxyl groups is 4. The van der Waals surface area contributed by atoms with Crippen LogP contribution in [0.25, 0.3) is 0 Å². The minimum atomic E-state index is -1.86. The van der Waals surface area contributed by atoms with Gasteiger partial charge in [-0.25, -0.2) is 0 Å². The molecule has 1 fully saturated rings. The van der Waals surface area contributed by atoms with Crippen molar-refractivity contribution in [3.05, 3.63) is 69.8 Å². The van der Waals surface area contributed by atoms with Gasteiger partial charge in [-0.05, 0) is 63.0 Å². The molecular formula is C32H49NO4. The molecule has 37 heavy (non-hydrogen) atoms. The summed E-state index contributed by atoms with van der Waals surface area (Å²) in [4.78, 5) is 0. The molecular weight excluding hydrogens is 462 g/mol. The Hall–Kier alpha value is -1.76. The third-order valence-electron chi connectivity index (χ3n) is 8.48. The first-order chi connectivity index (χ1) is 17.3. The SMILES string of the molecule is CC(C)(C)c1cc(CN)cc(C(C)(C)C)c1C(O)(c1ccccc1C1CCCCC1)C(CO)(CO)CO. The first-order valence-electron chi connectivity index (χ1n) is 13.8. The Balaban J connectivity index is 2.58. The summed E-state index contributed by atoms with van der Waals surface area (Å²) in [5.41, 5.74) is 7.01. The molecule has 1 aliphatic rings. The van der Waals surface area contributed by atoms with Crippen LogP contribution in [0.5, 0.6) is 0 Å². The summed E-state index contributed by atoms with van der Waals surface area (Å²) in [7, 11) is 0. The molecule has 0 saturated heterocycles. The molecule has 0 spiro atoms. The molecule has 0 amide bonds. The number of hydrogen-bond donors (Lipinski definition) is 5. The number of rotatable bonds is 8. The van der Waals surface area contributed by atoms with E-state index in [2.05, 4.69) is 59.7 Å². The van der Waals surface area contributed by atoms with Crippen molar-refractivity contribution in [2.75, 3.05) is 19.8 Å². The predicted octanol–water partition coefficient (Wildman–Crippen LogP) is 4.99. The maximum Gasteiger partial charge on any atom is 0.128 e. The Morgan fingerprint density at radius 2 is 1.24 bits per heavy atom. The highest BCUT2D eigenvalue weighted by Crippen LogP contribution is 2.53. The van der Waals surface area contributed by atoms with Crippen molar-refractivity contribution in [3.8, 4) is 0 Å². The van der Waals surface area contributed by atoms with Gasteiger partial charge in [0.05, 0.1) is 25.2 Å². The fourth-order valence-corrected chi connectivity index (χ4v) is 6.17. The van der Waals surface area contributed by atoms with Crippen molar-refractivity contribution in [2.24, 2.45) is 11.1 Å². The highest BCUT2D eigenvalue weighted by atomic mass is 16.3. The van der Waals surface area contributed by atoms with E-state index in [0.29, 0.717) is 17.7 Å². The quantitative estimate of drug-likeness (QED) is 0.343. The fraction of sp³-hybridized carbons (Fsp3) is 0.625. The molecule has 1 atom stereocenters. The molecule has 0 heterocycles. The highest BCUT2D eigenvalue weighted by Gasteiger charge is 2.56. The Bertz CT molecular complexity index is 1010. The lowest BCUT2D eigenvalue weighted by Crippen LogP contribution is -2.56. The Kier molecular flexibility index (Phi) is 8.98. The van der Waals surface area contributed by atoms with Crippen LogP contribution >= 0.6 is 0 Å². The van der Waals surface area contributed by atoms with Crippen LogP contribution in [0, 0.1) is 5.41 Å². The van der Waals surface area contributed by atoms with Crippen LogP contribution in [0.15, 0.2) is 36.4 Å². The van der Waals surface area contributed by atoms with E-state index in [1.807, 2.05) is 18.2 Å². The number of benzene rings is 2. The van der Waals surface area contributed by atoms with Crippen LogP contribution in [-0.2, 0) is 23.0 Å². The van der Waals surface area contributed by atoms with Gasteiger partial charge in [0.15, 0.2) is 0 Å². The summed E-state index contributed by atoms with van der Waals surface area (Å²) in [6.07, 6.45) is 5.53. The van der Waals surface area contributed by atoms with Crippen LogP contribution in [-0.4, -0.2) is 40.2 Å². The molecule has 0 bridgehead atoms. The molecule has 2 aromatic rings. The number of hydrogen-bond acceptors (Lipinski definition) is 5. The lowest BCUT2D eigenvalue weighted by Gasteiger charge is -2.50. The maximum atomic E-state index is 13.3. The van der Waals surface area contributed by atoms with E-state index in [-0.39, 0.29) is 16.7 Å². The zero-order chi connectivity index (χ0) is 27.6. The van der Waals surface area contributed by atoms with Gasteiger partial charge < -0.3 is 26.2 Å². The van der Waals surface area contributed by atoms with Crippen molar-refractivity contribution < 1.29 is 20.4 Å². The summed E-state index contributed by atoms with van der Waals surface area (Å²) < 4.78 is 0. The molecule has 1 saturated carbocycles. The van der Waals surface area contributed by atoms with Gasteiger partial charge >= 0.3 is 0 Å². The summed E-state index contributed by atoms with van der Waals surface area (Å²) >= 11 is 0. The van der Waals surface area contributed by atoms with Crippen molar-refractivity contribution >= 4 is 0 Å². The molecule has 6 N–H and O–H groups in total. The molecule has 3 rings (SSSR count). The lowest BCUT2D eigenvalue weighted by molar-refractivity contribution is -0.137. The highest BCUT2D eigenvalue weighted by molar-refractivity contribution is 5.56. The van der Waals surface area contributed by atoms with Crippen LogP contribution in [0.2, 0.25) is 0 Å². The van der Waals surface area contributed by atoms with E-state index in [4.69, 9.17) is 5.73 Å². The molecule has 0 radical (unpaired) electrons. The van der Waals surface area contributed by atoms with Gasteiger partial charge in [-0.2, -0.15) is 0 Å². The normalized spacial score (nSPS) is 17.6. The average molecular weight is 512 g/mol. The third-order valence-corrected chi connectivity index (χ3v) is 8.48. The second-order valence-corrected chi connectivity index (χ2v) is 13.2. The van der Waals surface area contributed by atoms with E-state index >= 15 is 0 Å². The van der Waals surface area contributed by atoms with Gasteiger partial charge in [0.25, 0.3) is 0 Å². The largest absolute Gasteiger partial charge is 0.395 e. The van der Waals surface area contributed by atoms with Gasteiger partial charge in [0, 0.05) is 6.54 Å². The molecule has 5 heteroatoms.